The number of H-pyrrole nitrogens is 1. The van der Waals surface area contributed by atoms with Crippen LogP contribution in [0.15, 0.2) is 60.9 Å². The van der Waals surface area contributed by atoms with Gasteiger partial charge in [0, 0.05) is 23.9 Å². The number of aryl methyl sites for hydroxylation is 1. The zero-order chi connectivity index (χ0) is 18.2. The molecule has 134 valence electrons. The SMILES string of the molecule is Cc1cccc(OCCCCC(=O)Nc2cccc(-c3cn[nH]c3)c2)c1. The topological polar surface area (TPSA) is 67.0 Å². The summed E-state index contributed by atoms with van der Waals surface area (Å²) in [5, 5.41) is 9.69. The highest BCUT2D eigenvalue weighted by molar-refractivity contribution is 5.91. The van der Waals surface area contributed by atoms with E-state index in [1.54, 1.807) is 6.20 Å². The van der Waals surface area contributed by atoms with Gasteiger partial charge in [0.15, 0.2) is 0 Å². The van der Waals surface area contributed by atoms with Crippen LogP contribution in [-0.4, -0.2) is 22.7 Å². The molecule has 2 N–H and O–H groups in total. The summed E-state index contributed by atoms with van der Waals surface area (Å²) in [4.78, 5) is 12.1. The molecule has 0 fully saturated rings. The summed E-state index contributed by atoms with van der Waals surface area (Å²) in [6.45, 7) is 2.66. The van der Waals surface area contributed by atoms with Crippen LogP contribution in [0.2, 0.25) is 0 Å². The number of nitrogens with one attached hydrogen (secondary N) is 2. The van der Waals surface area contributed by atoms with Crippen molar-refractivity contribution >= 4 is 11.6 Å². The fraction of sp³-hybridized carbons (Fsp3) is 0.238. The summed E-state index contributed by atoms with van der Waals surface area (Å²) >= 11 is 0. The van der Waals surface area contributed by atoms with Gasteiger partial charge < -0.3 is 10.1 Å². The Bertz CT molecular complexity index is 844. The van der Waals surface area contributed by atoms with E-state index in [9.17, 15) is 4.79 Å². The lowest BCUT2D eigenvalue weighted by Gasteiger charge is -2.08. The van der Waals surface area contributed by atoms with Crippen LogP contribution in [0.3, 0.4) is 0 Å². The largest absolute Gasteiger partial charge is 0.494 e. The van der Waals surface area contributed by atoms with E-state index in [2.05, 4.69) is 15.5 Å². The summed E-state index contributed by atoms with van der Waals surface area (Å²) in [5.74, 6) is 0.899. The smallest absolute Gasteiger partial charge is 0.224 e. The average molecular weight is 349 g/mol. The number of nitrogens with zero attached hydrogens (tertiary/aromatic N) is 1. The Hall–Kier alpha value is -3.08. The third-order valence-corrected chi connectivity index (χ3v) is 4.03. The number of amides is 1. The van der Waals surface area contributed by atoms with E-state index in [1.165, 1.54) is 5.56 Å². The highest BCUT2D eigenvalue weighted by Gasteiger charge is 2.05. The molecular formula is C21H23N3O2. The zero-order valence-corrected chi connectivity index (χ0v) is 14.9. The van der Waals surface area contributed by atoms with Gasteiger partial charge in [-0.25, -0.2) is 0 Å². The molecule has 2 aromatic carbocycles. The van der Waals surface area contributed by atoms with Crippen LogP contribution in [0.1, 0.15) is 24.8 Å². The van der Waals surface area contributed by atoms with E-state index in [-0.39, 0.29) is 5.91 Å². The monoisotopic (exact) mass is 349 g/mol. The van der Waals surface area contributed by atoms with Gasteiger partial charge >= 0.3 is 0 Å². The van der Waals surface area contributed by atoms with Crippen LogP contribution in [0.25, 0.3) is 11.1 Å². The zero-order valence-electron chi connectivity index (χ0n) is 14.9. The van der Waals surface area contributed by atoms with E-state index in [0.717, 1.165) is 35.4 Å². The molecule has 0 saturated carbocycles. The number of carbonyl (C=O) groups excluding carboxylic acids is 1. The normalized spacial score (nSPS) is 10.5. The number of aromatic nitrogens is 2. The van der Waals surface area contributed by atoms with Crippen molar-refractivity contribution < 1.29 is 9.53 Å². The Balaban J connectivity index is 1.40. The third-order valence-electron chi connectivity index (χ3n) is 4.03. The highest BCUT2D eigenvalue weighted by Crippen LogP contribution is 2.21. The van der Waals surface area contributed by atoms with Crippen LogP contribution >= 0.6 is 0 Å². The highest BCUT2D eigenvalue weighted by atomic mass is 16.5. The molecule has 0 saturated heterocycles. The Kier molecular flexibility index (Phi) is 6.04. The first-order valence-electron chi connectivity index (χ1n) is 8.79. The lowest BCUT2D eigenvalue weighted by Crippen LogP contribution is -2.11. The van der Waals surface area contributed by atoms with E-state index in [4.69, 9.17) is 4.74 Å². The predicted molar refractivity (Wildman–Crippen MR) is 103 cm³/mol. The van der Waals surface area contributed by atoms with Crippen molar-refractivity contribution in [1.29, 1.82) is 0 Å². The van der Waals surface area contributed by atoms with E-state index in [1.807, 2.05) is 61.7 Å². The van der Waals surface area contributed by atoms with Gasteiger partial charge in [0.05, 0.1) is 12.8 Å². The van der Waals surface area contributed by atoms with Crippen molar-refractivity contribution in [3.63, 3.8) is 0 Å². The van der Waals surface area contributed by atoms with Gasteiger partial charge in [-0.3, -0.25) is 9.89 Å². The lowest BCUT2D eigenvalue weighted by molar-refractivity contribution is -0.116. The van der Waals surface area contributed by atoms with E-state index < -0.39 is 0 Å². The Morgan fingerprint density at radius 2 is 2.00 bits per heavy atom. The lowest BCUT2D eigenvalue weighted by atomic mass is 10.1. The number of carbonyl (C=O) groups is 1. The van der Waals surface area contributed by atoms with E-state index >= 15 is 0 Å². The number of rotatable bonds is 8. The number of benzene rings is 2. The van der Waals surface area contributed by atoms with Gasteiger partial charge in [0.2, 0.25) is 5.91 Å². The van der Waals surface area contributed by atoms with Crippen molar-refractivity contribution in [3.8, 4) is 16.9 Å². The van der Waals surface area contributed by atoms with Gasteiger partial charge in [0.25, 0.3) is 0 Å². The second-order valence-electron chi connectivity index (χ2n) is 6.24. The summed E-state index contributed by atoms with van der Waals surface area (Å²) in [5.41, 5.74) is 3.99. The van der Waals surface area contributed by atoms with Crippen LogP contribution in [-0.2, 0) is 4.79 Å². The molecule has 1 heterocycles. The fourth-order valence-electron chi connectivity index (χ4n) is 2.69. The molecule has 0 unspecified atom stereocenters. The molecule has 5 nitrogen and oxygen atoms in total. The minimum atomic E-state index is 0.0184. The number of aromatic amines is 1. The molecule has 26 heavy (non-hydrogen) atoms. The molecule has 3 aromatic rings. The first-order valence-corrected chi connectivity index (χ1v) is 8.79. The minimum Gasteiger partial charge on any atom is -0.494 e. The molecule has 0 atom stereocenters. The van der Waals surface area contributed by atoms with Crippen molar-refractivity contribution in [1.82, 2.24) is 10.2 Å². The van der Waals surface area contributed by atoms with Gasteiger partial charge in [-0.1, -0.05) is 24.3 Å². The predicted octanol–water partition coefficient (Wildman–Crippen LogP) is 4.57. The summed E-state index contributed by atoms with van der Waals surface area (Å²) in [6, 6.07) is 15.7. The second-order valence-corrected chi connectivity index (χ2v) is 6.24. The maximum absolute atomic E-state index is 12.1. The first kappa shape index (κ1) is 17.7. The van der Waals surface area contributed by atoms with Gasteiger partial charge in [-0.05, 0) is 55.2 Å². The molecule has 5 heteroatoms. The molecule has 0 aliphatic rings. The maximum atomic E-state index is 12.1. The molecule has 0 aliphatic heterocycles. The number of anilines is 1. The second kappa shape index (κ2) is 8.85. The van der Waals surface area contributed by atoms with Gasteiger partial charge in [0.1, 0.15) is 5.75 Å². The number of ether oxygens (including phenoxy) is 1. The van der Waals surface area contributed by atoms with Crippen LogP contribution in [0, 0.1) is 6.92 Å². The Labute approximate surface area is 153 Å². The van der Waals surface area contributed by atoms with Crippen molar-refractivity contribution in [2.45, 2.75) is 26.2 Å². The molecule has 3 rings (SSSR count). The number of unbranched alkanes of at least 4 members (excludes halogenated alkanes) is 1. The molecule has 0 bridgehead atoms. The summed E-state index contributed by atoms with van der Waals surface area (Å²) in [6.07, 6.45) is 5.70. The van der Waals surface area contributed by atoms with Crippen LogP contribution in [0.4, 0.5) is 5.69 Å². The van der Waals surface area contributed by atoms with Crippen molar-refractivity contribution in [2.75, 3.05) is 11.9 Å². The fourth-order valence-corrected chi connectivity index (χ4v) is 2.69. The average Bonchev–Trinajstić information content (AvgIpc) is 3.16. The molecule has 1 aromatic heterocycles. The molecule has 0 aliphatic carbocycles. The summed E-state index contributed by atoms with van der Waals surface area (Å²) in [7, 11) is 0. The minimum absolute atomic E-state index is 0.0184. The molecule has 1 amide bonds. The van der Waals surface area contributed by atoms with E-state index in [0.29, 0.717) is 13.0 Å². The Morgan fingerprint density at radius 3 is 2.81 bits per heavy atom. The maximum Gasteiger partial charge on any atom is 0.224 e. The van der Waals surface area contributed by atoms with Gasteiger partial charge in [-0.15, -0.1) is 0 Å². The molecule has 0 radical (unpaired) electrons. The quantitative estimate of drug-likeness (QED) is 0.585. The first-order chi connectivity index (χ1) is 12.7. The van der Waals surface area contributed by atoms with Crippen molar-refractivity contribution in [2.24, 2.45) is 0 Å². The molecule has 0 spiro atoms. The van der Waals surface area contributed by atoms with Gasteiger partial charge in [-0.2, -0.15) is 5.10 Å². The molecular weight excluding hydrogens is 326 g/mol. The third kappa shape index (κ3) is 5.21. The standard InChI is InChI=1S/C21H23N3O2/c1-16-6-4-9-20(12-16)26-11-3-2-10-21(25)24-19-8-5-7-17(13-19)18-14-22-23-15-18/h4-9,12-15H,2-3,10-11H2,1H3,(H,22,23)(H,24,25). The Morgan fingerprint density at radius 1 is 1.12 bits per heavy atom. The summed E-state index contributed by atoms with van der Waals surface area (Å²) < 4.78 is 5.70. The number of hydrogen-bond donors (Lipinski definition) is 2. The van der Waals surface area contributed by atoms with Crippen LogP contribution < -0.4 is 10.1 Å². The van der Waals surface area contributed by atoms with Crippen LogP contribution in [0.5, 0.6) is 5.75 Å². The van der Waals surface area contributed by atoms with Crippen molar-refractivity contribution in [3.05, 3.63) is 66.5 Å². The number of hydrogen-bond acceptors (Lipinski definition) is 3.